The van der Waals surface area contributed by atoms with Crippen LogP contribution < -0.4 is 10.6 Å². The third-order valence-electron chi connectivity index (χ3n) is 3.26. The van der Waals surface area contributed by atoms with Crippen molar-refractivity contribution in [2.45, 2.75) is 31.1 Å². The number of nitrogens with one attached hydrogen (secondary N) is 2. The third-order valence-corrected chi connectivity index (χ3v) is 4.34. The number of fused-ring (bicyclic) bond motifs is 1. The molecule has 0 fully saturated rings. The fourth-order valence-corrected chi connectivity index (χ4v) is 2.95. The number of hydrogen-bond donors (Lipinski definition) is 2. The van der Waals surface area contributed by atoms with E-state index < -0.39 is 5.97 Å². The molecule has 7 heteroatoms. The van der Waals surface area contributed by atoms with Crippen molar-refractivity contribution in [2.75, 3.05) is 24.2 Å². The van der Waals surface area contributed by atoms with E-state index in [4.69, 9.17) is 4.74 Å². The number of rotatable bonds is 6. The van der Waals surface area contributed by atoms with Gasteiger partial charge in [-0.25, -0.2) is 4.79 Å². The summed E-state index contributed by atoms with van der Waals surface area (Å²) < 4.78 is 5.00. The molecular weight excluding hydrogens is 316 g/mol. The number of carbonyl (C=O) groups is 3. The number of amides is 2. The lowest BCUT2D eigenvalue weighted by atomic mass is 10.2. The average Bonchev–Trinajstić information content (AvgIpc) is 2.72. The van der Waals surface area contributed by atoms with E-state index in [0.29, 0.717) is 30.0 Å². The van der Waals surface area contributed by atoms with E-state index in [0.717, 1.165) is 17.7 Å². The Labute approximate surface area is 139 Å². The van der Waals surface area contributed by atoms with E-state index in [9.17, 15) is 14.4 Å². The predicted molar refractivity (Wildman–Crippen MR) is 88.6 cm³/mol. The summed E-state index contributed by atoms with van der Waals surface area (Å²) in [5.41, 5.74) is 0.923. The van der Waals surface area contributed by atoms with Crippen molar-refractivity contribution in [2.24, 2.45) is 0 Å². The smallest absolute Gasteiger partial charge is 0.338 e. The number of hydrogen-bond acceptors (Lipinski definition) is 5. The van der Waals surface area contributed by atoms with Crippen LogP contribution in [-0.4, -0.2) is 36.7 Å². The highest BCUT2D eigenvalue weighted by Gasteiger charge is 2.17. The number of thioether (sulfide) groups is 1. The SMILES string of the molecule is CCCCNC(=O)COC(=O)c1ccc2c(c1)NC(=O)CCS2. The van der Waals surface area contributed by atoms with E-state index >= 15 is 0 Å². The van der Waals surface area contributed by atoms with Crippen LogP contribution in [0.4, 0.5) is 5.69 Å². The van der Waals surface area contributed by atoms with Crippen molar-refractivity contribution in [3.63, 3.8) is 0 Å². The monoisotopic (exact) mass is 336 g/mol. The molecule has 1 aliphatic heterocycles. The number of esters is 1. The maximum absolute atomic E-state index is 12.0. The molecule has 2 rings (SSSR count). The van der Waals surface area contributed by atoms with Crippen molar-refractivity contribution >= 4 is 35.2 Å². The van der Waals surface area contributed by atoms with Crippen molar-refractivity contribution < 1.29 is 19.1 Å². The molecule has 0 radical (unpaired) electrons. The molecule has 0 aromatic heterocycles. The van der Waals surface area contributed by atoms with Crippen LogP contribution >= 0.6 is 11.8 Å². The molecular formula is C16H20N2O4S. The molecule has 0 saturated carbocycles. The van der Waals surface area contributed by atoms with Gasteiger partial charge < -0.3 is 15.4 Å². The Kier molecular flexibility index (Phi) is 6.46. The average molecular weight is 336 g/mol. The molecule has 1 aromatic carbocycles. The topological polar surface area (TPSA) is 84.5 Å². The van der Waals surface area contributed by atoms with Gasteiger partial charge in [-0.2, -0.15) is 0 Å². The van der Waals surface area contributed by atoms with Crippen molar-refractivity contribution in [3.8, 4) is 0 Å². The van der Waals surface area contributed by atoms with Crippen LogP contribution in [0.25, 0.3) is 0 Å². The molecule has 23 heavy (non-hydrogen) atoms. The quantitative estimate of drug-likeness (QED) is 0.614. The van der Waals surface area contributed by atoms with Gasteiger partial charge in [0.15, 0.2) is 6.61 Å². The molecule has 1 aliphatic rings. The summed E-state index contributed by atoms with van der Waals surface area (Å²) in [6.45, 7) is 2.30. The van der Waals surface area contributed by atoms with Gasteiger partial charge in [0.25, 0.3) is 5.91 Å². The summed E-state index contributed by atoms with van der Waals surface area (Å²) in [6.07, 6.45) is 2.32. The van der Waals surface area contributed by atoms with Gasteiger partial charge in [-0.15, -0.1) is 11.8 Å². The van der Waals surface area contributed by atoms with Crippen LogP contribution in [0.3, 0.4) is 0 Å². The first-order valence-corrected chi connectivity index (χ1v) is 8.59. The van der Waals surface area contributed by atoms with Crippen LogP contribution in [0.15, 0.2) is 23.1 Å². The molecule has 0 aliphatic carbocycles. The number of ether oxygens (including phenoxy) is 1. The summed E-state index contributed by atoms with van der Waals surface area (Å²) >= 11 is 1.56. The summed E-state index contributed by atoms with van der Waals surface area (Å²) in [6, 6.07) is 5.01. The largest absolute Gasteiger partial charge is 0.452 e. The second kappa shape index (κ2) is 8.57. The zero-order valence-corrected chi connectivity index (χ0v) is 13.8. The van der Waals surface area contributed by atoms with Gasteiger partial charge in [0.1, 0.15) is 0 Å². The van der Waals surface area contributed by atoms with E-state index in [1.54, 1.807) is 30.0 Å². The number of unbranched alkanes of at least 4 members (excludes halogenated alkanes) is 1. The minimum atomic E-state index is -0.582. The first-order valence-electron chi connectivity index (χ1n) is 7.60. The molecule has 0 unspecified atom stereocenters. The van der Waals surface area contributed by atoms with Crippen LogP contribution in [0.1, 0.15) is 36.5 Å². The molecule has 2 N–H and O–H groups in total. The van der Waals surface area contributed by atoms with Gasteiger partial charge in [0.05, 0.1) is 11.3 Å². The molecule has 0 atom stereocenters. The Balaban J connectivity index is 1.92. The highest BCUT2D eigenvalue weighted by Crippen LogP contribution is 2.31. The highest BCUT2D eigenvalue weighted by molar-refractivity contribution is 7.99. The van der Waals surface area contributed by atoms with E-state index in [1.807, 2.05) is 6.92 Å². The standard InChI is InChI=1S/C16H20N2O4S/c1-2-3-7-17-15(20)10-22-16(21)11-4-5-13-12(9-11)18-14(19)6-8-23-13/h4-5,9H,2-3,6-8,10H2,1H3,(H,17,20)(H,18,19). The van der Waals surface area contributed by atoms with E-state index in [2.05, 4.69) is 10.6 Å². The summed E-state index contributed by atoms with van der Waals surface area (Å²) in [5.74, 6) is -0.259. The van der Waals surface area contributed by atoms with Gasteiger partial charge in [-0.05, 0) is 24.6 Å². The van der Waals surface area contributed by atoms with Crippen molar-refractivity contribution in [1.29, 1.82) is 0 Å². The second-order valence-corrected chi connectivity index (χ2v) is 6.27. The summed E-state index contributed by atoms with van der Waals surface area (Å²) in [5, 5.41) is 5.45. The van der Waals surface area contributed by atoms with Crippen LogP contribution in [0.5, 0.6) is 0 Å². The predicted octanol–water partition coefficient (Wildman–Crippen LogP) is 2.19. The minimum Gasteiger partial charge on any atom is -0.452 e. The molecule has 1 heterocycles. The lowest BCUT2D eigenvalue weighted by molar-refractivity contribution is -0.124. The summed E-state index contributed by atoms with van der Waals surface area (Å²) in [7, 11) is 0. The maximum atomic E-state index is 12.0. The Bertz CT molecular complexity index is 604. The van der Waals surface area contributed by atoms with Gasteiger partial charge in [0.2, 0.25) is 5.91 Å². The Morgan fingerprint density at radius 3 is 3.00 bits per heavy atom. The normalized spacial score (nSPS) is 13.5. The van der Waals surface area contributed by atoms with Gasteiger partial charge in [0, 0.05) is 23.6 Å². The molecule has 0 bridgehead atoms. The minimum absolute atomic E-state index is 0.0722. The molecule has 6 nitrogen and oxygen atoms in total. The summed E-state index contributed by atoms with van der Waals surface area (Å²) in [4.78, 5) is 36.0. The third kappa shape index (κ3) is 5.28. The molecule has 124 valence electrons. The maximum Gasteiger partial charge on any atom is 0.338 e. The zero-order valence-electron chi connectivity index (χ0n) is 13.0. The lowest BCUT2D eigenvalue weighted by Crippen LogP contribution is -2.29. The Morgan fingerprint density at radius 2 is 2.22 bits per heavy atom. The fourth-order valence-electron chi connectivity index (χ4n) is 2.02. The van der Waals surface area contributed by atoms with Crippen LogP contribution in [0, 0.1) is 0 Å². The number of benzene rings is 1. The first kappa shape index (κ1) is 17.3. The van der Waals surface area contributed by atoms with E-state index in [1.165, 1.54) is 0 Å². The van der Waals surface area contributed by atoms with Crippen LogP contribution in [-0.2, 0) is 14.3 Å². The molecule has 2 amide bonds. The molecule has 0 spiro atoms. The fraction of sp³-hybridized carbons (Fsp3) is 0.438. The number of anilines is 1. The molecule has 1 aromatic rings. The van der Waals surface area contributed by atoms with Crippen molar-refractivity contribution in [1.82, 2.24) is 5.32 Å². The Morgan fingerprint density at radius 1 is 1.39 bits per heavy atom. The van der Waals surface area contributed by atoms with Gasteiger partial charge in [-0.3, -0.25) is 9.59 Å². The second-order valence-electron chi connectivity index (χ2n) is 5.14. The molecule has 0 saturated heterocycles. The zero-order chi connectivity index (χ0) is 16.7. The van der Waals surface area contributed by atoms with Gasteiger partial charge >= 0.3 is 5.97 Å². The van der Waals surface area contributed by atoms with Crippen LogP contribution in [0.2, 0.25) is 0 Å². The lowest BCUT2D eigenvalue weighted by Gasteiger charge is -2.09. The highest BCUT2D eigenvalue weighted by atomic mass is 32.2. The number of carbonyl (C=O) groups excluding carboxylic acids is 3. The van der Waals surface area contributed by atoms with Crippen molar-refractivity contribution in [3.05, 3.63) is 23.8 Å². The van der Waals surface area contributed by atoms with E-state index in [-0.39, 0.29) is 18.4 Å². The Hall–Kier alpha value is -2.02. The first-order chi connectivity index (χ1) is 11.1. The van der Waals surface area contributed by atoms with Gasteiger partial charge in [-0.1, -0.05) is 13.3 Å².